The van der Waals surface area contributed by atoms with Crippen LogP contribution in [0.1, 0.15) is 23.7 Å². The van der Waals surface area contributed by atoms with Crippen LogP contribution >= 0.6 is 45.8 Å². The molecule has 0 aliphatic rings. The third kappa shape index (κ3) is 2.67. The van der Waals surface area contributed by atoms with Crippen molar-refractivity contribution in [3.05, 3.63) is 56.4 Å². The highest BCUT2D eigenvalue weighted by atomic mass is 127. The zero-order valence-electron chi connectivity index (χ0n) is 11.6. The van der Waals surface area contributed by atoms with Gasteiger partial charge < -0.3 is 0 Å². The van der Waals surface area contributed by atoms with Crippen molar-refractivity contribution in [3.63, 3.8) is 0 Å². The molecular weight excluding hydrogens is 418 g/mol. The van der Waals surface area contributed by atoms with E-state index in [0.717, 1.165) is 31.7 Å². The predicted octanol–water partition coefficient (Wildman–Crippen LogP) is 5.89. The minimum atomic E-state index is -0.202. The molecule has 1 unspecified atom stereocenters. The first kappa shape index (κ1) is 15.1. The molecule has 0 saturated carbocycles. The number of halogens is 3. The second kappa shape index (κ2) is 5.78. The summed E-state index contributed by atoms with van der Waals surface area (Å²) in [6.07, 6.45) is 0. The zero-order valence-corrected chi connectivity index (χ0v) is 15.2. The van der Waals surface area contributed by atoms with Crippen molar-refractivity contribution in [2.24, 2.45) is 0 Å². The number of alkyl halides is 1. The molecule has 108 valence electrons. The number of hydrogen-bond donors (Lipinski definition) is 0. The molecule has 0 amide bonds. The smallest absolute Gasteiger partial charge is 0.132 e. The topological polar surface area (TPSA) is 17.8 Å². The van der Waals surface area contributed by atoms with E-state index in [-0.39, 0.29) is 5.38 Å². The molecule has 0 aliphatic carbocycles. The fourth-order valence-electron chi connectivity index (χ4n) is 2.49. The number of para-hydroxylation sites is 1. The van der Waals surface area contributed by atoms with Crippen molar-refractivity contribution in [2.45, 2.75) is 19.2 Å². The Morgan fingerprint density at radius 1 is 1.24 bits per heavy atom. The number of benzene rings is 2. The van der Waals surface area contributed by atoms with Crippen molar-refractivity contribution >= 4 is 56.8 Å². The van der Waals surface area contributed by atoms with Crippen molar-refractivity contribution in [1.82, 2.24) is 9.55 Å². The van der Waals surface area contributed by atoms with E-state index in [1.165, 1.54) is 0 Å². The molecule has 21 heavy (non-hydrogen) atoms. The van der Waals surface area contributed by atoms with Gasteiger partial charge in [-0.3, -0.25) is 4.57 Å². The van der Waals surface area contributed by atoms with Gasteiger partial charge in [0, 0.05) is 3.57 Å². The van der Waals surface area contributed by atoms with Crippen LogP contribution in [0.3, 0.4) is 0 Å². The number of aryl methyl sites for hydroxylation is 1. The van der Waals surface area contributed by atoms with Crippen molar-refractivity contribution in [3.8, 4) is 5.69 Å². The Morgan fingerprint density at radius 2 is 2.00 bits per heavy atom. The molecule has 0 aliphatic heterocycles. The molecule has 0 spiro atoms. The summed E-state index contributed by atoms with van der Waals surface area (Å²) in [7, 11) is 0. The molecule has 1 aromatic heterocycles. The number of hydrogen-bond acceptors (Lipinski definition) is 1. The van der Waals surface area contributed by atoms with E-state index in [2.05, 4.69) is 45.1 Å². The lowest BCUT2D eigenvalue weighted by Crippen LogP contribution is -2.03. The summed E-state index contributed by atoms with van der Waals surface area (Å²) in [4.78, 5) is 4.68. The molecule has 2 aromatic carbocycles. The van der Waals surface area contributed by atoms with Gasteiger partial charge in [-0.05, 0) is 66.3 Å². The maximum Gasteiger partial charge on any atom is 0.132 e. The van der Waals surface area contributed by atoms with Crippen LogP contribution in [-0.2, 0) is 0 Å². The molecule has 5 heteroatoms. The molecule has 0 N–H and O–H groups in total. The maximum atomic E-state index is 6.45. The van der Waals surface area contributed by atoms with Crippen LogP contribution in [0.2, 0.25) is 5.02 Å². The third-order valence-corrected chi connectivity index (χ3v) is 4.58. The number of nitrogens with zero attached hydrogens (tertiary/aromatic N) is 2. The number of imidazole rings is 1. The Kier molecular flexibility index (Phi) is 4.17. The summed E-state index contributed by atoms with van der Waals surface area (Å²) in [5.74, 6) is 0.809. The predicted molar refractivity (Wildman–Crippen MR) is 97.8 cm³/mol. The minimum absolute atomic E-state index is 0.202. The molecule has 0 saturated heterocycles. The van der Waals surface area contributed by atoms with Crippen molar-refractivity contribution in [2.75, 3.05) is 0 Å². The second-order valence-corrected chi connectivity index (χ2v) is 7.27. The van der Waals surface area contributed by atoms with Crippen LogP contribution in [0.5, 0.6) is 0 Å². The van der Waals surface area contributed by atoms with Crippen LogP contribution in [-0.4, -0.2) is 9.55 Å². The highest BCUT2D eigenvalue weighted by Gasteiger charge is 2.19. The van der Waals surface area contributed by atoms with Crippen molar-refractivity contribution in [1.29, 1.82) is 0 Å². The summed E-state index contributed by atoms with van der Waals surface area (Å²) in [5.41, 5.74) is 4.06. The van der Waals surface area contributed by atoms with Crippen LogP contribution in [0.15, 0.2) is 36.4 Å². The lowest BCUT2D eigenvalue weighted by Gasteiger charge is -2.13. The SMILES string of the molecule is Cc1cccc2nc(C(C)Cl)n(-c3ccc(I)cc3Cl)c12. The quantitative estimate of drug-likeness (QED) is 0.366. The molecule has 1 atom stereocenters. The van der Waals surface area contributed by atoms with E-state index in [9.17, 15) is 0 Å². The molecule has 0 fully saturated rings. The summed E-state index contributed by atoms with van der Waals surface area (Å²) >= 11 is 15.0. The molecule has 2 nitrogen and oxygen atoms in total. The lowest BCUT2D eigenvalue weighted by atomic mass is 10.2. The van der Waals surface area contributed by atoms with Gasteiger partial charge in [0.15, 0.2) is 0 Å². The van der Waals surface area contributed by atoms with Gasteiger partial charge in [-0.15, -0.1) is 11.6 Å². The van der Waals surface area contributed by atoms with E-state index < -0.39 is 0 Å². The molecule has 0 radical (unpaired) electrons. The molecule has 0 bridgehead atoms. The monoisotopic (exact) mass is 430 g/mol. The van der Waals surface area contributed by atoms with Gasteiger partial charge in [0.1, 0.15) is 5.82 Å². The number of rotatable bonds is 2. The third-order valence-electron chi connectivity index (χ3n) is 3.41. The van der Waals surface area contributed by atoms with Crippen molar-refractivity contribution < 1.29 is 0 Å². The second-order valence-electron chi connectivity index (χ2n) is 4.96. The van der Waals surface area contributed by atoms with E-state index in [0.29, 0.717) is 5.02 Å². The molecule has 1 heterocycles. The molecule has 3 aromatic rings. The van der Waals surface area contributed by atoms with Gasteiger partial charge >= 0.3 is 0 Å². The number of aromatic nitrogens is 2. The van der Waals surface area contributed by atoms with E-state index in [1.807, 2.05) is 37.3 Å². The average Bonchev–Trinajstić information content (AvgIpc) is 2.80. The van der Waals surface area contributed by atoms with Gasteiger partial charge in [0.05, 0.1) is 27.1 Å². The average molecular weight is 431 g/mol. The van der Waals surface area contributed by atoms with E-state index in [4.69, 9.17) is 23.2 Å². The summed E-state index contributed by atoms with van der Waals surface area (Å²) in [5, 5.41) is 0.496. The van der Waals surface area contributed by atoms with Gasteiger partial charge in [-0.1, -0.05) is 23.7 Å². The normalized spacial score (nSPS) is 12.8. The largest absolute Gasteiger partial charge is 0.293 e. The zero-order chi connectivity index (χ0) is 15.1. The van der Waals surface area contributed by atoms with Crippen LogP contribution in [0.4, 0.5) is 0 Å². The van der Waals surface area contributed by atoms with Crippen LogP contribution in [0.25, 0.3) is 16.7 Å². The number of fused-ring (bicyclic) bond motifs is 1. The highest BCUT2D eigenvalue weighted by molar-refractivity contribution is 14.1. The Bertz CT molecular complexity index is 825. The van der Waals surface area contributed by atoms with Gasteiger partial charge in [0.25, 0.3) is 0 Å². The van der Waals surface area contributed by atoms with Gasteiger partial charge in [0.2, 0.25) is 0 Å². The Morgan fingerprint density at radius 3 is 2.67 bits per heavy atom. The summed E-state index contributed by atoms with van der Waals surface area (Å²) in [6, 6.07) is 12.1. The molecule has 3 rings (SSSR count). The van der Waals surface area contributed by atoms with Gasteiger partial charge in [-0.25, -0.2) is 4.98 Å². The highest BCUT2D eigenvalue weighted by Crippen LogP contribution is 2.33. The van der Waals surface area contributed by atoms with E-state index in [1.54, 1.807) is 0 Å². The standard InChI is InChI=1S/C16H13Cl2IN2/c1-9-4-3-5-13-15(9)21(16(20-13)10(2)17)14-7-6-11(19)8-12(14)18/h3-8,10H,1-2H3. The first-order valence-electron chi connectivity index (χ1n) is 6.56. The lowest BCUT2D eigenvalue weighted by molar-refractivity contribution is 0.881. The first-order valence-corrected chi connectivity index (χ1v) is 8.46. The summed E-state index contributed by atoms with van der Waals surface area (Å²) < 4.78 is 3.17. The Labute approximate surface area is 147 Å². The van der Waals surface area contributed by atoms with Crippen LogP contribution in [0, 0.1) is 10.5 Å². The maximum absolute atomic E-state index is 6.45. The minimum Gasteiger partial charge on any atom is -0.293 e. The van der Waals surface area contributed by atoms with Gasteiger partial charge in [-0.2, -0.15) is 0 Å². The van der Waals surface area contributed by atoms with E-state index >= 15 is 0 Å². The Balaban J connectivity index is 2.41. The molecular formula is C16H13Cl2IN2. The first-order chi connectivity index (χ1) is 9.99. The fraction of sp³-hybridized carbons (Fsp3) is 0.188. The summed E-state index contributed by atoms with van der Waals surface area (Å²) in [6.45, 7) is 4.00. The Hall–Kier alpha value is -0.780. The fourth-order valence-corrected chi connectivity index (χ4v) is 3.57. The van der Waals surface area contributed by atoms with Crippen LogP contribution < -0.4 is 0 Å².